The number of piperazine rings is 1. The van der Waals surface area contributed by atoms with Crippen LogP contribution in [0.15, 0.2) is 42.7 Å². The Balaban J connectivity index is 1.40. The van der Waals surface area contributed by atoms with Crippen molar-refractivity contribution in [2.24, 2.45) is 0 Å². The fourth-order valence-electron chi connectivity index (χ4n) is 4.61. The van der Waals surface area contributed by atoms with Crippen molar-refractivity contribution in [2.75, 3.05) is 23.3 Å². The molecule has 2 aromatic heterocycles. The van der Waals surface area contributed by atoms with E-state index in [-0.39, 0.29) is 40.9 Å². The lowest BCUT2D eigenvalue weighted by atomic mass is 10.1. The molecule has 0 spiro atoms. The van der Waals surface area contributed by atoms with Crippen LogP contribution < -0.4 is 20.3 Å². The van der Waals surface area contributed by atoms with Gasteiger partial charge in [0.2, 0.25) is 5.88 Å². The molecule has 1 aliphatic heterocycles. The molecule has 3 N–H and O–H groups in total. The molecule has 2 atom stereocenters. The Morgan fingerprint density at radius 1 is 1.11 bits per heavy atom. The number of rotatable bonds is 5. The number of aromatic nitrogens is 3. The van der Waals surface area contributed by atoms with Gasteiger partial charge in [0.1, 0.15) is 18.2 Å². The number of fused-ring (bicyclic) bond motifs is 1. The SMILES string of the molecule is Cc1cc2c(F)c(Oc3ncnc(Nc4ccc(N5CC(C)NC(C)C5)c(F)c4)c3C#N)ccc2[nH]1. The van der Waals surface area contributed by atoms with Crippen LogP contribution >= 0.6 is 0 Å². The second-order valence-electron chi connectivity index (χ2n) is 9.07. The minimum absolute atomic E-state index is 0.0310. The van der Waals surface area contributed by atoms with Crippen molar-refractivity contribution in [2.45, 2.75) is 32.9 Å². The third-order valence-electron chi connectivity index (χ3n) is 6.08. The smallest absolute Gasteiger partial charge is 0.242 e. The second-order valence-corrected chi connectivity index (χ2v) is 9.07. The summed E-state index contributed by atoms with van der Waals surface area (Å²) in [7, 11) is 0. The zero-order valence-corrected chi connectivity index (χ0v) is 20.1. The van der Waals surface area contributed by atoms with E-state index in [1.165, 1.54) is 18.5 Å². The predicted octanol–water partition coefficient (Wildman–Crippen LogP) is 5.14. The van der Waals surface area contributed by atoms with Crippen molar-refractivity contribution >= 4 is 28.1 Å². The number of halogens is 2. The summed E-state index contributed by atoms with van der Waals surface area (Å²) in [5.74, 6) is -1.01. The number of benzene rings is 2. The third-order valence-corrected chi connectivity index (χ3v) is 6.08. The van der Waals surface area contributed by atoms with Crippen LogP contribution in [0.1, 0.15) is 25.1 Å². The number of aryl methyl sites for hydroxylation is 1. The van der Waals surface area contributed by atoms with Crippen LogP contribution in [0.3, 0.4) is 0 Å². The zero-order valence-electron chi connectivity index (χ0n) is 20.1. The average Bonchev–Trinajstić information content (AvgIpc) is 3.22. The summed E-state index contributed by atoms with van der Waals surface area (Å²) >= 11 is 0. The second kappa shape index (κ2) is 9.43. The molecule has 0 saturated carbocycles. The van der Waals surface area contributed by atoms with Gasteiger partial charge in [-0.15, -0.1) is 0 Å². The standard InChI is InChI=1S/C26H25F2N7O/c1-14-8-18-21(33-14)5-7-23(24(18)28)36-26-19(10-29)25(30-13-31-26)34-17-4-6-22(20(27)9-17)35-11-15(2)32-16(3)12-35/h4-9,13,15-16,32-33H,11-12H2,1-3H3,(H,30,31,34). The fraction of sp³-hybridized carbons (Fsp3) is 0.269. The van der Waals surface area contributed by atoms with Gasteiger partial charge in [-0.3, -0.25) is 0 Å². The minimum atomic E-state index is -0.567. The maximum Gasteiger partial charge on any atom is 0.242 e. The van der Waals surface area contributed by atoms with Gasteiger partial charge in [0.15, 0.2) is 22.9 Å². The van der Waals surface area contributed by atoms with Crippen LogP contribution in [0, 0.1) is 29.9 Å². The molecule has 3 heterocycles. The van der Waals surface area contributed by atoms with Gasteiger partial charge in [0.05, 0.1) is 5.69 Å². The van der Waals surface area contributed by atoms with Gasteiger partial charge in [0, 0.05) is 47.5 Å². The Kier molecular flexibility index (Phi) is 6.16. The molecule has 0 aliphatic carbocycles. The Hall–Kier alpha value is -4.23. The molecule has 0 radical (unpaired) electrons. The summed E-state index contributed by atoms with van der Waals surface area (Å²) in [6.45, 7) is 7.36. The number of nitrogens with zero attached hydrogens (tertiary/aromatic N) is 4. The van der Waals surface area contributed by atoms with Crippen LogP contribution in [0.25, 0.3) is 10.9 Å². The van der Waals surface area contributed by atoms with E-state index in [4.69, 9.17) is 4.74 Å². The number of hydrogen-bond donors (Lipinski definition) is 3. The monoisotopic (exact) mass is 489 g/mol. The topological polar surface area (TPSA) is 102 Å². The van der Waals surface area contributed by atoms with E-state index in [0.29, 0.717) is 35.4 Å². The molecule has 1 saturated heterocycles. The highest BCUT2D eigenvalue weighted by Crippen LogP contribution is 2.33. The van der Waals surface area contributed by atoms with Crippen molar-refractivity contribution in [3.05, 3.63) is 65.6 Å². The summed E-state index contributed by atoms with van der Waals surface area (Å²) in [6.07, 6.45) is 1.20. The number of ether oxygens (including phenoxy) is 1. The molecule has 2 aromatic carbocycles. The van der Waals surface area contributed by atoms with Crippen molar-refractivity contribution in [3.8, 4) is 17.7 Å². The van der Waals surface area contributed by atoms with Gasteiger partial charge in [-0.1, -0.05) is 0 Å². The van der Waals surface area contributed by atoms with E-state index < -0.39 is 5.82 Å². The lowest BCUT2D eigenvalue weighted by Gasteiger charge is -2.37. The van der Waals surface area contributed by atoms with E-state index in [1.54, 1.807) is 24.3 Å². The lowest BCUT2D eigenvalue weighted by molar-refractivity contribution is 0.404. The summed E-state index contributed by atoms with van der Waals surface area (Å²) in [6, 6.07) is 12.1. The normalized spacial score (nSPS) is 17.7. The van der Waals surface area contributed by atoms with Crippen LogP contribution in [0.5, 0.6) is 11.6 Å². The molecule has 8 nitrogen and oxygen atoms in total. The van der Waals surface area contributed by atoms with Crippen LogP contribution in [0.4, 0.5) is 26.0 Å². The van der Waals surface area contributed by atoms with Gasteiger partial charge in [-0.25, -0.2) is 18.7 Å². The van der Waals surface area contributed by atoms with Gasteiger partial charge in [-0.2, -0.15) is 5.26 Å². The summed E-state index contributed by atoms with van der Waals surface area (Å²) in [5.41, 5.74) is 2.34. The predicted molar refractivity (Wildman–Crippen MR) is 134 cm³/mol. The molecule has 2 unspecified atom stereocenters. The van der Waals surface area contributed by atoms with E-state index in [0.717, 1.165) is 5.69 Å². The van der Waals surface area contributed by atoms with Crippen LogP contribution in [-0.4, -0.2) is 40.1 Å². The van der Waals surface area contributed by atoms with E-state index >= 15 is 4.39 Å². The maximum atomic E-state index is 15.0. The fourth-order valence-corrected chi connectivity index (χ4v) is 4.61. The van der Waals surface area contributed by atoms with Crippen molar-refractivity contribution in [1.29, 1.82) is 5.26 Å². The molecule has 10 heteroatoms. The first-order valence-corrected chi connectivity index (χ1v) is 11.6. The molecule has 184 valence electrons. The Morgan fingerprint density at radius 2 is 1.89 bits per heavy atom. The highest BCUT2D eigenvalue weighted by Gasteiger charge is 2.23. The lowest BCUT2D eigenvalue weighted by Crippen LogP contribution is -2.54. The summed E-state index contributed by atoms with van der Waals surface area (Å²) in [4.78, 5) is 13.2. The van der Waals surface area contributed by atoms with E-state index in [2.05, 4.69) is 39.4 Å². The number of anilines is 3. The molecular formula is C26H25F2N7O. The molecule has 0 amide bonds. The number of H-pyrrole nitrogens is 1. The van der Waals surface area contributed by atoms with Crippen molar-refractivity contribution in [3.63, 3.8) is 0 Å². The molecule has 1 aliphatic rings. The van der Waals surface area contributed by atoms with Crippen LogP contribution in [-0.2, 0) is 0 Å². The van der Waals surface area contributed by atoms with E-state index in [9.17, 15) is 9.65 Å². The van der Waals surface area contributed by atoms with Gasteiger partial charge in [-0.05, 0) is 57.2 Å². The molecule has 0 bridgehead atoms. The van der Waals surface area contributed by atoms with Gasteiger partial charge >= 0.3 is 0 Å². The van der Waals surface area contributed by atoms with E-state index in [1.807, 2.05) is 17.9 Å². The largest absolute Gasteiger partial charge is 0.434 e. The Labute approximate surface area is 206 Å². The Bertz CT molecular complexity index is 1470. The highest BCUT2D eigenvalue weighted by molar-refractivity contribution is 5.83. The van der Waals surface area contributed by atoms with Gasteiger partial charge in [0.25, 0.3) is 0 Å². The van der Waals surface area contributed by atoms with Crippen molar-refractivity contribution < 1.29 is 13.5 Å². The average molecular weight is 490 g/mol. The number of aromatic amines is 1. The molecule has 5 rings (SSSR count). The number of nitriles is 1. The molecule has 36 heavy (non-hydrogen) atoms. The Morgan fingerprint density at radius 3 is 2.61 bits per heavy atom. The minimum Gasteiger partial charge on any atom is -0.434 e. The zero-order chi connectivity index (χ0) is 25.4. The number of nitrogens with one attached hydrogen (secondary N) is 3. The van der Waals surface area contributed by atoms with Crippen LogP contribution in [0.2, 0.25) is 0 Å². The molecule has 4 aromatic rings. The molecule has 1 fully saturated rings. The maximum absolute atomic E-state index is 15.0. The highest BCUT2D eigenvalue weighted by atomic mass is 19.1. The quantitative estimate of drug-likeness (QED) is 0.357. The summed E-state index contributed by atoms with van der Waals surface area (Å²) in [5, 5.41) is 16.6. The van der Waals surface area contributed by atoms with Gasteiger partial charge < -0.3 is 25.3 Å². The first-order valence-electron chi connectivity index (χ1n) is 11.6. The third kappa shape index (κ3) is 4.53. The van der Waals surface area contributed by atoms with Crippen molar-refractivity contribution in [1.82, 2.24) is 20.3 Å². The first-order chi connectivity index (χ1) is 17.3. The molecular weight excluding hydrogens is 464 g/mol. The number of hydrogen-bond acceptors (Lipinski definition) is 7. The summed E-state index contributed by atoms with van der Waals surface area (Å²) < 4.78 is 35.7. The first kappa shape index (κ1) is 23.5.